The Bertz CT molecular complexity index is 873. The lowest BCUT2D eigenvalue weighted by atomic mass is 9.88. The van der Waals surface area contributed by atoms with Gasteiger partial charge in [0.25, 0.3) is 0 Å². The summed E-state index contributed by atoms with van der Waals surface area (Å²) in [4.78, 5) is 0. The first kappa shape index (κ1) is 23.7. The summed E-state index contributed by atoms with van der Waals surface area (Å²) in [5, 5.41) is 4.43. The van der Waals surface area contributed by atoms with Gasteiger partial charge >= 0.3 is 0 Å². The smallest absolute Gasteiger partial charge is 0.0303 e. The Kier molecular flexibility index (Phi) is 9.42. The monoisotopic (exact) mass is 471 g/mol. The van der Waals surface area contributed by atoms with Crippen LogP contribution in [-0.2, 0) is 6.54 Å². The van der Waals surface area contributed by atoms with Crippen molar-refractivity contribution in [1.29, 1.82) is 0 Å². The predicted octanol–water partition coefficient (Wildman–Crippen LogP) is 8.11. The van der Waals surface area contributed by atoms with Crippen molar-refractivity contribution in [3.8, 4) is 0 Å². The molecule has 154 valence electrons. The van der Waals surface area contributed by atoms with Gasteiger partial charge in [-0.15, -0.1) is 0 Å². The molecule has 0 bridgehead atoms. The van der Waals surface area contributed by atoms with Gasteiger partial charge < -0.3 is 5.32 Å². The van der Waals surface area contributed by atoms with Crippen molar-refractivity contribution in [1.82, 2.24) is 5.32 Å². The number of benzene rings is 1. The van der Waals surface area contributed by atoms with Crippen LogP contribution in [0.15, 0.2) is 88.5 Å². The summed E-state index contributed by atoms with van der Waals surface area (Å²) < 4.78 is 1.08. The van der Waals surface area contributed by atoms with Gasteiger partial charge in [0, 0.05) is 22.5 Å². The quantitative estimate of drug-likeness (QED) is 0.206. The molecule has 1 aromatic carbocycles. The summed E-state index contributed by atoms with van der Waals surface area (Å²) in [5.74, 6) is 0.583. The third-order valence-corrected chi connectivity index (χ3v) is 6.15. The van der Waals surface area contributed by atoms with Crippen molar-refractivity contribution in [2.24, 2.45) is 5.92 Å². The van der Waals surface area contributed by atoms with E-state index in [-0.39, 0.29) is 0 Å². The molecule has 0 saturated carbocycles. The summed E-state index contributed by atoms with van der Waals surface area (Å²) in [6.45, 7) is 18.2. The molecule has 0 spiro atoms. The summed E-state index contributed by atoms with van der Waals surface area (Å²) >= 11 is 10.2. The summed E-state index contributed by atoms with van der Waals surface area (Å²) in [6.07, 6.45) is 10.7. The van der Waals surface area contributed by atoms with Crippen LogP contribution in [0.5, 0.6) is 0 Å². The average molecular weight is 473 g/mol. The largest absolute Gasteiger partial charge is 0.313 e. The molecule has 0 fully saturated rings. The minimum Gasteiger partial charge on any atom is -0.313 e. The molecule has 0 radical (unpaired) electrons. The van der Waals surface area contributed by atoms with E-state index in [9.17, 15) is 0 Å². The van der Waals surface area contributed by atoms with Crippen molar-refractivity contribution in [2.75, 3.05) is 6.54 Å². The normalized spacial score (nSPS) is 15.6. The van der Waals surface area contributed by atoms with E-state index >= 15 is 0 Å². The fraction of sp³-hybridized carbons (Fsp3) is 0.308. The van der Waals surface area contributed by atoms with Crippen molar-refractivity contribution in [3.05, 3.63) is 99.6 Å². The number of nitrogens with one attached hydrogen (secondary N) is 1. The van der Waals surface area contributed by atoms with E-state index in [1.54, 1.807) is 6.08 Å². The van der Waals surface area contributed by atoms with Crippen LogP contribution in [0, 0.1) is 5.92 Å². The third kappa shape index (κ3) is 6.70. The first-order valence-electron chi connectivity index (χ1n) is 10.1. The van der Waals surface area contributed by atoms with E-state index < -0.39 is 0 Å². The lowest BCUT2D eigenvalue weighted by Crippen LogP contribution is -2.19. The van der Waals surface area contributed by atoms with Gasteiger partial charge in [-0.1, -0.05) is 90.1 Å². The van der Waals surface area contributed by atoms with Crippen LogP contribution < -0.4 is 5.32 Å². The summed E-state index contributed by atoms with van der Waals surface area (Å²) in [6, 6.07) is 6.44. The van der Waals surface area contributed by atoms with Crippen LogP contribution in [-0.4, -0.2) is 6.54 Å². The summed E-state index contributed by atoms with van der Waals surface area (Å²) in [7, 11) is 0. The van der Waals surface area contributed by atoms with Crippen LogP contribution >= 0.6 is 27.5 Å². The third-order valence-electron chi connectivity index (χ3n) is 5.32. The van der Waals surface area contributed by atoms with E-state index in [1.807, 2.05) is 12.2 Å². The molecule has 1 nitrogen and oxygen atoms in total. The van der Waals surface area contributed by atoms with E-state index in [0.717, 1.165) is 46.6 Å². The Hall–Kier alpha value is -1.61. The van der Waals surface area contributed by atoms with Crippen LogP contribution in [0.1, 0.15) is 44.2 Å². The van der Waals surface area contributed by atoms with Crippen LogP contribution in [0.25, 0.3) is 5.57 Å². The zero-order valence-electron chi connectivity index (χ0n) is 17.5. The van der Waals surface area contributed by atoms with E-state index in [0.29, 0.717) is 12.3 Å². The molecule has 1 aromatic rings. The number of hydrogen-bond donors (Lipinski definition) is 1. The van der Waals surface area contributed by atoms with Crippen LogP contribution in [0.2, 0.25) is 0 Å². The van der Waals surface area contributed by atoms with Gasteiger partial charge in [0.15, 0.2) is 0 Å². The Morgan fingerprint density at radius 3 is 2.76 bits per heavy atom. The molecule has 1 N–H and O–H groups in total. The number of halogens is 2. The maximum Gasteiger partial charge on any atom is 0.0303 e. The molecule has 1 atom stereocenters. The standard InChI is InChI=1S/C26H31BrClN/c1-6-8-9-24-19(5)14-21(16-26(24)28)25-11-10-23(27)15-22(25)17-29-13-12-20(7-2)18(3)4/h6,8-11,14-15,20,29H,1,3,5,7,12-13,16-17H2,2,4H3/b9-8-. The van der Waals surface area contributed by atoms with Gasteiger partial charge in [0.2, 0.25) is 0 Å². The lowest BCUT2D eigenvalue weighted by molar-refractivity contribution is 0.509. The van der Waals surface area contributed by atoms with E-state index in [4.69, 9.17) is 11.6 Å². The Morgan fingerprint density at radius 1 is 1.38 bits per heavy atom. The first-order valence-corrected chi connectivity index (χ1v) is 11.3. The Labute approximate surface area is 189 Å². The molecule has 1 aliphatic carbocycles. The van der Waals surface area contributed by atoms with Gasteiger partial charge in [-0.05, 0) is 72.2 Å². The molecule has 0 heterocycles. The van der Waals surface area contributed by atoms with Gasteiger partial charge in [0.05, 0.1) is 0 Å². The zero-order chi connectivity index (χ0) is 21.4. The number of allylic oxidation sites excluding steroid dienone is 9. The highest BCUT2D eigenvalue weighted by atomic mass is 79.9. The molecule has 0 aliphatic heterocycles. The molecule has 1 unspecified atom stereocenters. The first-order chi connectivity index (χ1) is 13.9. The predicted molar refractivity (Wildman–Crippen MR) is 133 cm³/mol. The maximum absolute atomic E-state index is 6.61. The molecule has 3 heteroatoms. The van der Waals surface area contributed by atoms with Crippen molar-refractivity contribution in [3.63, 3.8) is 0 Å². The SMILES string of the molecule is C=C/C=C\C1=C(Cl)CC(c2ccc(Br)cc2CNCCC(CC)C(=C)C)=CC1=C. The molecule has 0 amide bonds. The van der Waals surface area contributed by atoms with Crippen molar-refractivity contribution in [2.45, 2.75) is 39.7 Å². The van der Waals surface area contributed by atoms with Crippen molar-refractivity contribution >= 4 is 33.1 Å². The molecule has 0 saturated heterocycles. The van der Waals surface area contributed by atoms with Crippen molar-refractivity contribution < 1.29 is 0 Å². The van der Waals surface area contributed by atoms with Gasteiger partial charge in [-0.3, -0.25) is 0 Å². The molecular weight excluding hydrogens is 442 g/mol. The minimum absolute atomic E-state index is 0.583. The van der Waals surface area contributed by atoms with Gasteiger partial charge in [-0.2, -0.15) is 0 Å². The highest BCUT2D eigenvalue weighted by Gasteiger charge is 2.17. The average Bonchev–Trinajstić information content (AvgIpc) is 2.67. The molecule has 29 heavy (non-hydrogen) atoms. The highest BCUT2D eigenvalue weighted by molar-refractivity contribution is 9.10. The second-order valence-corrected chi connectivity index (χ2v) is 8.88. The Balaban J connectivity index is 2.15. The highest BCUT2D eigenvalue weighted by Crippen LogP contribution is 2.37. The number of rotatable bonds is 10. The zero-order valence-corrected chi connectivity index (χ0v) is 19.9. The van der Waals surface area contributed by atoms with E-state index in [1.165, 1.54) is 22.3 Å². The van der Waals surface area contributed by atoms with Gasteiger partial charge in [-0.25, -0.2) is 0 Å². The topological polar surface area (TPSA) is 12.0 Å². The minimum atomic E-state index is 0.583. The molecule has 1 aliphatic rings. The van der Waals surface area contributed by atoms with E-state index in [2.05, 4.69) is 79.1 Å². The number of hydrogen-bond acceptors (Lipinski definition) is 1. The molecule has 2 rings (SSSR count). The Morgan fingerprint density at radius 2 is 2.14 bits per heavy atom. The second kappa shape index (κ2) is 11.5. The van der Waals surface area contributed by atoms with Crippen LogP contribution in [0.4, 0.5) is 0 Å². The summed E-state index contributed by atoms with van der Waals surface area (Å²) in [5.41, 5.74) is 6.87. The molecular formula is C26H31BrClN. The fourth-order valence-corrected chi connectivity index (χ4v) is 4.37. The maximum atomic E-state index is 6.61. The molecule has 0 aromatic heterocycles. The van der Waals surface area contributed by atoms with Gasteiger partial charge in [0.1, 0.15) is 0 Å². The fourth-order valence-electron chi connectivity index (χ4n) is 3.63. The second-order valence-electron chi connectivity index (χ2n) is 7.50. The lowest BCUT2D eigenvalue weighted by Gasteiger charge is -2.21. The van der Waals surface area contributed by atoms with Crippen LogP contribution in [0.3, 0.4) is 0 Å².